The Bertz CT molecular complexity index is 535. The number of hydrogen-bond donors (Lipinski definition) is 0. The SMILES string of the molecule is CCOC[C@H]1CN(CC2CCOCC2)Cc2ncn(CC3CC3)c21. The second-order valence-electron chi connectivity index (χ2n) is 7.78. The molecule has 2 fully saturated rings. The van der Waals surface area contributed by atoms with Crippen LogP contribution in [-0.2, 0) is 22.6 Å². The molecular weight excluding hydrogens is 302 g/mol. The summed E-state index contributed by atoms with van der Waals surface area (Å²) in [6.45, 7) is 10.0. The van der Waals surface area contributed by atoms with Gasteiger partial charge in [-0.3, -0.25) is 4.90 Å². The second kappa shape index (κ2) is 7.54. The van der Waals surface area contributed by atoms with Crippen LogP contribution in [0.15, 0.2) is 6.33 Å². The van der Waals surface area contributed by atoms with Crippen molar-refractivity contribution in [3.63, 3.8) is 0 Å². The third kappa shape index (κ3) is 3.84. The van der Waals surface area contributed by atoms with Crippen LogP contribution in [0.4, 0.5) is 0 Å². The molecule has 0 N–H and O–H groups in total. The zero-order chi connectivity index (χ0) is 16.4. The van der Waals surface area contributed by atoms with E-state index in [2.05, 4.69) is 22.7 Å². The number of ether oxygens (including phenoxy) is 2. The molecule has 0 spiro atoms. The molecule has 1 saturated heterocycles. The fourth-order valence-electron chi connectivity index (χ4n) is 4.25. The highest BCUT2D eigenvalue weighted by Crippen LogP contribution is 2.35. The lowest BCUT2D eigenvalue weighted by Gasteiger charge is -2.36. The van der Waals surface area contributed by atoms with Gasteiger partial charge < -0.3 is 14.0 Å². The lowest BCUT2D eigenvalue weighted by atomic mass is 9.95. The summed E-state index contributed by atoms with van der Waals surface area (Å²) in [5.74, 6) is 2.13. The third-order valence-electron chi connectivity index (χ3n) is 5.73. The molecule has 4 rings (SSSR count). The van der Waals surface area contributed by atoms with Crippen LogP contribution in [0.1, 0.15) is 49.9 Å². The summed E-state index contributed by atoms with van der Waals surface area (Å²) < 4.78 is 13.8. The molecule has 1 aliphatic carbocycles. The van der Waals surface area contributed by atoms with Crippen molar-refractivity contribution in [1.29, 1.82) is 0 Å². The van der Waals surface area contributed by atoms with Crippen molar-refractivity contribution in [3.05, 3.63) is 17.7 Å². The van der Waals surface area contributed by atoms with Gasteiger partial charge in [0.05, 0.1) is 18.6 Å². The molecule has 0 aromatic carbocycles. The normalized spacial score (nSPS) is 25.8. The van der Waals surface area contributed by atoms with E-state index >= 15 is 0 Å². The van der Waals surface area contributed by atoms with E-state index in [1.807, 2.05) is 0 Å². The molecule has 0 unspecified atom stereocenters. The molecule has 1 saturated carbocycles. The average Bonchev–Trinajstić information content (AvgIpc) is 3.33. The topological polar surface area (TPSA) is 39.5 Å². The van der Waals surface area contributed by atoms with Crippen molar-refractivity contribution < 1.29 is 9.47 Å². The molecular formula is C19H31N3O2. The zero-order valence-electron chi connectivity index (χ0n) is 15.0. The van der Waals surface area contributed by atoms with Crippen LogP contribution < -0.4 is 0 Å². The molecule has 24 heavy (non-hydrogen) atoms. The monoisotopic (exact) mass is 333 g/mol. The molecule has 0 bridgehead atoms. The first-order chi connectivity index (χ1) is 11.8. The van der Waals surface area contributed by atoms with Crippen molar-refractivity contribution in [3.8, 4) is 0 Å². The molecule has 1 atom stereocenters. The Labute approximate surface area is 145 Å². The van der Waals surface area contributed by atoms with E-state index in [1.54, 1.807) is 0 Å². The summed E-state index contributed by atoms with van der Waals surface area (Å²) in [4.78, 5) is 7.39. The van der Waals surface area contributed by atoms with E-state index in [-0.39, 0.29) is 0 Å². The van der Waals surface area contributed by atoms with Gasteiger partial charge in [0.2, 0.25) is 0 Å². The Hall–Kier alpha value is -0.910. The van der Waals surface area contributed by atoms with Gasteiger partial charge in [-0.2, -0.15) is 0 Å². The van der Waals surface area contributed by atoms with Crippen molar-refractivity contribution in [2.45, 2.75) is 51.6 Å². The maximum absolute atomic E-state index is 5.83. The molecule has 5 nitrogen and oxygen atoms in total. The fraction of sp³-hybridized carbons (Fsp3) is 0.842. The van der Waals surface area contributed by atoms with E-state index < -0.39 is 0 Å². The van der Waals surface area contributed by atoms with Gasteiger partial charge in [-0.25, -0.2) is 4.98 Å². The third-order valence-corrected chi connectivity index (χ3v) is 5.73. The van der Waals surface area contributed by atoms with Gasteiger partial charge in [0.15, 0.2) is 0 Å². The van der Waals surface area contributed by atoms with Gasteiger partial charge in [-0.15, -0.1) is 0 Å². The Morgan fingerprint density at radius 3 is 2.71 bits per heavy atom. The van der Waals surface area contributed by atoms with Crippen molar-refractivity contribution in [2.24, 2.45) is 11.8 Å². The van der Waals surface area contributed by atoms with Gasteiger partial charge >= 0.3 is 0 Å². The quantitative estimate of drug-likeness (QED) is 0.769. The van der Waals surface area contributed by atoms with Crippen molar-refractivity contribution >= 4 is 0 Å². The minimum atomic E-state index is 0.467. The van der Waals surface area contributed by atoms with E-state index in [0.717, 1.165) is 57.9 Å². The number of fused-ring (bicyclic) bond motifs is 1. The van der Waals surface area contributed by atoms with E-state index in [9.17, 15) is 0 Å². The smallest absolute Gasteiger partial charge is 0.0952 e. The predicted octanol–water partition coefficient (Wildman–Crippen LogP) is 2.66. The van der Waals surface area contributed by atoms with Crippen LogP contribution in [0.3, 0.4) is 0 Å². The Balaban J connectivity index is 1.47. The molecule has 3 aliphatic rings. The molecule has 1 aromatic heterocycles. The highest BCUT2D eigenvalue weighted by molar-refractivity contribution is 5.22. The summed E-state index contributed by atoms with van der Waals surface area (Å²) in [5.41, 5.74) is 2.75. The zero-order valence-corrected chi connectivity index (χ0v) is 15.0. The average molecular weight is 333 g/mol. The number of nitrogens with zero attached hydrogens (tertiary/aromatic N) is 3. The number of aromatic nitrogens is 2. The summed E-state index contributed by atoms with van der Waals surface area (Å²) in [6, 6.07) is 0. The van der Waals surface area contributed by atoms with Gasteiger partial charge in [0.25, 0.3) is 0 Å². The summed E-state index contributed by atoms with van der Waals surface area (Å²) in [5, 5.41) is 0. The van der Waals surface area contributed by atoms with Crippen molar-refractivity contribution in [2.75, 3.05) is 39.5 Å². The lowest BCUT2D eigenvalue weighted by Crippen LogP contribution is -2.40. The first-order valence-corrected chi connectivity index (χ1v) is 9.75. The van der Waals surface area contributed by atoms with Crippen LogP contribution in [0.2, 0.25) is 0 Å². The first kappa shape index (κ1) is 16.6. The van der Waals surface area contributed by atoms with E-state index in [4.69, 9.17) is 14.5 Å². The highest BCUT2D eigenvalue weighted by Gasteiger charge is 2.32. The molecule has 1 aromatic rings. The van der Waals surface area contributed by atoms with Crippen molar-refractivity contribution in [1.82, 2.24) is 14.5 Å². The van der Waals surface area contributed by atoms with Gasteiger partial charge in [0.1, 0.15) is 0 Å². The highest BCUT2D eigenvalue weighted by atomic mass is 16.5. The molecule has 5 heteroatoms. The Morgan fingerprint density at radius 2 is 1.96 bits per heavy atom. The summed E-state index contributed by atoms with van der Waals surface area (Å²) in [7, 11) is 0. The van der Waals surface area contributed by atoms with Crippen LogP contribution in [0, 0.1) is 11.8 Å². The maximum Gasteiger partial charge on any atom is 0.0952 e. The maximum atomic E-state index is 5.83. The number of rotatable bonds is 7. The summed E-state index contributed by atoms with van der Waals surface area (Å²) in [6.07, 6.45) is 7.27. The Kier molecular flexibility index (Phi) is 5.20. The fourth-order valence-corrected chi connectivity index (χ4v) is 4.25. The molecule has 3 heterocycles. The standard InChI is InChI=1S/C19H31N3O2/c1-2-23-13-17-11-21(9-16-5-7-24-8-6-16)12-18-19(17)22(14-20-18)10-15-3-4-15/h14-17H,2-13H2,1H3/t17-/m1/s1. The molecule has 134 valence electrons. The van der Waals surface area contributed by atoms with Crippen LogP contribution >= 0.6 is 0 Å². The lowest BCUT2D eigenvalue weighted by molar-refractivity contribution is 0.0438. The minimum absolute atomic E-state index is 0.467. The summed E-state index contributed by atoms with van der Waals surface area (Å²) >= 11 is 0. The van der Waals surface area contributed by atoms with Gasteiger partial charge in [-0.05, 0) is 44.4 Å². The predicted molar refractivity (Wildman–Crippen MR) is 93.0 cm³/mol. The largest absolute Gasteiger partial charge is 0.381 e. The van der Waals surface area contributed by atoms with Crippen LogP contribution in [-0.4, -0.2) is 54.0 Å². The van der Waals surface area contributed by atoms with E-state index in [1.165, 1.54) is 43.6 Å². The second-order valence-corrected chi connectivity index (χ2v) is 7.78. The molecule has 2 aliphatic heterocycles. The number of imidazole rings is 1. The minimum Gasteiger partial charge on any atom is -0.381 e. The van der Waals surface area contributed by atoms with Gasteiger partial charge in [0, 0.05) is 57.6 Å². The van der Waals surface area contributed by atoms with E-state index in [0.29, 0.717) is 5.92 Å². The molecule has 0 amide bonds. The van der Waals surface area contributed by atoms with Crippen LogP contribution in [0.25, 0.3) is 0 Å². The number of hydrogen-bond acceptors (Lipinski definition) is 4. The Morgan fingerprint density at radius 1 is 1.17 bits per heavy atom. The first-order valence-electron chi connectivity index (χ1n) is 9.75. The molecule has 0 radical (unpaired) electrons. The van der Waals surface area contributed by atoms with Gasteiger partial charge in [-0.1, -0.05) is 0 Å². The van der Waals surface area contributed by atoms with Crippen LogP contribution in [0.5, 0.6) is 0 Å².